The summed E-state index contributed by atoms with van der Waals surface area (Å²) < 4.78 is 22.9. The minimum absolute atomic E-state index is 0.0400. The molecule has 0 N–H and O–H groups in total. The summed E-state index contributed by atoms with van der Waals surface area (Å²) >= 11 is 0. The molecule has 4 rings (SSSR count). The molecule has 2 saturated heterocycles. The number of rotatable bonds is 7. The molecule has 2 aromatic rings. The maximum absolute atomic E-state index is 12.9. The first-order valence-corrected chi connectivity index (χ1v) is 11.1. The highest BCUT2D eigenvalue weighted by Crippen LogP contribution is 2.44. The van der Waals surface area contributed by atoms with E-state index in [0.717, 1.165) is 24.2 Å². The predicted octanol–water partition coefficient (Wildman–Crippen LogP) is 4.94. The van der Waals surface area contributed by atoms with E-state index in [1.807, 2.05) is 37.3 Å². The Morgan fingerprint density at radius 2 is 1.81 bits per heavy atom. The van der Waals surface area contributed by atoms with Crippen molar-refractivity contribution in [2.45, 2.75) is 39.2 Å². The molecule has 5 nitrogen and oxygen atoms in total. The fourth-order valence-electron chi connectivity index (χ4n) is 4.51. The lowest BCUT2D eigenvalue weighted by Gasteiger charge is -2.19. The average molecular weight is 425 g/mol. The zero-order chi connectivity index (χ0) is 22.0. The van der Waals surface area contributed by atoms with Crippen molar-refractivity contribution in [3.8, 4) is 11.5 Å². The van der Waals surface area contributed by atoms with Gasteiger partial charge in [-0.2, -0.15) is 0 Å². The summed E-state index contributed by atoms with van der Waals surface area (Å²) in [4.78, 5) is 12.9. The lowest BCUT2D eigenvalue weighted by Crippen LogP contribution is -2.17. The van der Waals surface area contributed by atoms with Gasteiger partial charge in [-0.05, 0) is 48.1 Å². The Labute approximate surface area is 184 Å². The van der Waals surface area contributed by atoms with E-state index < -0.39 is 0 Å². The zero-order valence-corrected chi connectivity index (χ0v) is 18.8. The Hall–Kier alpha value is -2.37. The third kappa shape index (κ3) is 4.78. The second-order valence-corrected chi connectivity index (χ2v) is 9.11. The van der Waals surface area contributed by atoms with Gasteiger partial charge in [-0.3, -0.25) is 4.79 Å². The van der Waals surface area contributed by atoms with Gasteiger partial charge in [0, 0.05) is 11.8 Å². The van der Waals surface area contributed by atoms with E-state index in [2.05, 4.69) is 26.0 Å². The van der Waals surface area contributed by atoms with Crippen molar-refractivity contribution in [2.24, 2.45) is 17.8 Å². The molecule has 0 bridgehead atoms. The van der Waals surface area contributed by atoms with Crippen molar-refractivity contribution >= 4 is 5.97 Å². The van der Waals surface area contributed by atoms with Crippen molar-refractivity contribution in [3.63, 3.8) is 0 Å². The predicted molar refractivity (Wildman–Crippen MR) is 119 cm³/mol. The molecule has 2 aliphatic heterocycles. The first kappa shape index (κ1) is 21.8. The van der Waals surface area contributed by atoms with Crippen LogP contribution in [0.15, 0.2) is 42.5 Å². The van der Waals surface area contributed by atoms with Crippen LogP contribution in [0.25, 0.3) is 0 Å². The van der Waals surface area contributed by atoms with Crippen molar-refractivity contribution in [1.82, 2.24) is 0 Å². The lowest BCUT2D eigenvalue weighted by molar-refractivity contribution is -0.135. The summed E-state index contributed by atoms with van der Waals surface area (Å²) in [6.45, 7) is 8.45. The molecule has 2 fully saturated rings. The normalized spacial score (nSPS) is 23.6. The lowest BCUT2D eigenvalue weighted by atomic mass is 9.90. The standard InChI is InChI=1S/C26H32O5/c1-16(2)11-18-5-7-19(8-6-18)17(3)26(27)31-24-12-20(9-10-23(24)28-4)25-22-15-29-13-21(22)14-30-25/h5-10,12,16-17,21-22,25H,11,13-15H2,1-4H3/t17?,21?,22?,25-/m0/s1. The SMILES string of the molecule is COc1ccc([C@@H]2OCC3COCC32)cc1OC(=O)C(C)c1ccc(CC(C)C)cc1. The first-order chi connectivity index (χ1) is 15.0. The molecule has 2 aliphatic rings. The maximum Gasteiger partial charge on any atom is 0.318 e. The monoisotopic (exact) mass is 424 g/mol. The van der Waals surface area contributed by atoms with Crippen LogP contribution in [0.2, 0.25) is 0 Å². The minimum atomic E-state index is -0.378. The maximum atomic E-state index is 12.9. The summed E-state index contributed by atoms with van der Waals surface area (Å²) in [5.41, 5.74) is 3.21. The fraction of sp³-hybridized carbons (Fsp3) is 0.500. The molecule has 0 saturated carbocycles. The fourth-order valence-corrected chi connectivity index (χ4v) is 4.51. The number of esters is 1. The summed E-state index contributed by atoms with van der Waals surface area (Å²) in [5.74, 6) is 1.67. The van der Waals surface area contributed by atoms with Gasteiger partial charge in [0.1, 0.15) is 0 Å². The smallest absolute Gasteiger partial charge is 0.318 e. The number of carbonyl (C=O) groups excluding carboxylic acids is 1. The topological polar surface area (TPSA) is 54.0 Å². The molecule has 2 heterocycles. The Kier molecular flexibility index (Phi) is 6.63. The van der Waals surface area contributed by atoms with Crippen LogP contribution in [0.4, 0.5) is 0 Å². The largest absolute Gasteiger partial charge is 0.493 e. The Bertz CT molecular complexity index is 905. The van der Waals surface area contributed by atoms with Crippen molar-refractivity contribution in [1.29, 1.82) is 0 Å². The van der Waals surface area contributed by atoms with Crippen LogP contribution in [0.5, 0.6) is 11.5 Å². The molecule has 0 aromatic heterocycles. The van der Waals surface area contributed by atoms with E-state index in [-0.39, 0.29) is 18.0 Å². The second kappa shape index (κ2) is 9.41. The van der Waals surface area contributed by atoms with Crippen LogP contribution >= 0.6 is 0 Å². The van der Waals surface area contributed by atoms with Crippen molar-refractivity contribution in [2.75, 3.05) is 26.9 Å². The number of methoxy groups -OCH3 is 1. The van der Waals surface area contributed by atoms with Crippen molar-refractivity contribution in [3.05, 3.63) is 59.2 Å². The van der Waals surface area contributed by atoms with Gasteiger partial charge in [-0.1, -0.05) is 44.2 Å². The van der Waals surface area contributed by atoms with Gasteiger partial charge < -0.3 is 18.9 Å². The molecule has 0 amide bonds. The molecular formula is C26H32O5. The van der Waals surface area contributed by atoms with Crippen molar-refractivity contribution < 1.29 is 23.7 Å². The third-order valence-corrected chi connectivity index (χ3v) is 6.33. The summed E-state index contributed by atoms with van der Waals surface area (Å²) in [5, 5.41) is 0. The van der Waals surface area contributed by atoms with E-state index in [1.54, 1.807) is 7.11 Å². The Morgan fingerprint density at radius 1 is 1.03 bits per heavy atom. The van der Waals surface area contributed by atoms with E-state index in [1.165, 1.54) is 5.56 Å². The molecule has 166 valence electrons. The van der Waals surface area contributed by atoms with E-state index in [4.69, 9.17) is 18.9 Å². The van der Waals surface area contributed by atoms with Gasteiger partial charge in [-0.15, -0.1) is 0 Å². The second-order valence-electron chi connectivity index (χ2n) is 9.11. The van der Waals surface area contributed by atoms with E-state index in [9.17, 15) is 4.79 Å². The molecule has 2 aromatic carbocycles. The average Bonchev–Trinajstić information content (AvgIpc) is 3.37. The number of carbonyl (C=O) groups is 1. The van der Waals surface area contributed by atoms with Crippen LogP contribution in [-0.2, 0) is 20.7 Å². The number of hydrogen-bond donors (Lipinski definition) is 0. The molecular weight excluding hydrogens is 392 g/mol. The molecule has 31 heavy (non-hydrogen) atoms. The molecule has 5 heteroatoms. The third-order valence-electron chi connectivity index (χ3n) is 6.33. The van der Waals surface area contributed by atoms with E-state index >= 15 is 0 Å². The molecule has 3 unspecified atom stereocenters. The number of fused-ring (bicyclic) bond motifs is 1. The number of hydrogen-bond acceptors (Lipinski definition) is 5. The molecule has 0 spiro atoms. The molecule has 4 atom stereocenters. The van der Waals surface area contributed by atoms with Crippen LogP contribution in [0.3, 0.4) is 0 Å². The van der Waals surface area contributed by atoms with Gasteiger partial charge in [-0.25, -0.2) is 0 Å². The van der Waals surface area contributed by atoms with Gasteiger partial charge in [0.15, 0.2) is 11.5 Å². The Balaban J connectivity index is 1.49. The van der Waals surface area contributed by atoms with Crippen LogP contribution in [0.1, 0.15) is 49.5 Å². The highest BCUT2D eigenvalue weighted by atomic mass is 16.6. The molecule has 0 aliphatic carbocycles. The number of benzene rings is 2. The van der Waals surface area contributed by atoms with Crippen LogP contribution in [-0.4, -0.2) is 32.9 Å². The minimum Gasteiger partial charge on any atom is -0.493 e. The summed E-state index contributed by atoms with van der Waals surface area (Å²) in [6.07, 6.45) is 0.987. The summed E-state index contributed by atoms with van der Waals surface area (Å²) in [7, 11) is 1.58. The van der Waals surface area contributed by atoms with Gasteiger partial charge in [0.25, 0.3) is 0 Å². The highest BCUT2D eigenvalue weighted by Gasteiger charge is 2.42. The van der Waals surface area contributed by atoms with Gasteiger partial charge in [0.2, 0.25) is 0 Å². The van der Waals surface area contributed by atoms with Gasteiger partial charge >= 0.3 is 5.97 Å². The first-order valence-electron chi connectivity index (χ1n) is 11.1. The van der Waals surface area contributed by atoms with E-state index in [0.29, 0.717) is 42.5 Å². The Morgan fingerprint density at radius 3 is 2.52 bits per heavy atom. The highest BCUT2D eigenvalue weighted by molar-refractivity contribution is 5.80. The molecule has 0 radical (unpaired) electrons. The zero-order valence-electron chi connectivity index (χ0n) is 18.8. The summed E-state index contributed by atoms with van der Waals surface area (Å²) in [6, 6.07) is 13.9. The number of ether oxygens (including phenoxy) is 4. The quantitative estimate of drug-likeness (QED) is 0.466. The van der Waals surface area contributed by atoms with Crippen LogP contribution in [0, 0.1) is 17.8 Å². The van der Waals surface area contributed by atoms with Crippen LogP contribution < -0.4 is 9.47 Å². The van der Waals surface area contributed by atoms with Gasteiger partial charge in [0.05, 0.1) is 39.0 Å².